The molecule has 0 amide bonds. The van der Waals surface area contributed by atoms with E-state index in [2.05, 4.69) is 15.9 Å². The molecule has 1 atom stereocenters. The molecule has 0 heterocycles. The van der Waals surface area contributed by atoms with Gasteiger partial charge in [0.15, 0.2) is 0 Å². The second kappa shape index (κ2) is 4.28. The molecule has 0 aliphatic rings. The van der Waals surface area contributed by atoms with E-state index >= 15 is 0 Å². The molecule has 4 heteroatoms. The van der Waals surface area contributed by atoms with Crippen molar-refractivity contribution in [1.82, 2.24) is 0 Å². The van der Waals surface area contributed by atoms with Crippen LogP contribution in [0, 0.1) is 5.41 Å². The van der Waals surface area contributed by atoms with E-state index in [1.54, 1.807) is 6.92 Å². The molecule has 1 unspecified atom stereocenters. The van der Waals surface area contributed by atoms with Crippen LogP contribution in [0.1, 0.15) is 6.92 Å². The van der Waals surface area contributed by atoms with Crippen LogP contribution in [-0.4, -0.2) is 40.0 Å². The maximum Gasteiger partial charge on any atom is 0.0542 e. The van der Waals surface area contributed by atoms with Crippen molar-refractivity contribution in [3.05, 3.63) is 0 Å². The van der Waals surface area contributed by atoms with E-state index in [0.29, 0.717) is 0 Å². The molecule has 0 spiro atoms. The predicted octanol–water partition coefficient (Wildman–Crippen LogP) is -0.267. The number of aliphatic hydroxyl groups excluding tert-OH is 3. The van der Waals surface area contributed by atoms with Gasteiger partial charge in [-0.2, -0.15) is 0 Å². The van der Waals surface area contributed by atoms with Crippen LogP contribution in [0.2, 0.25) is 0 Å². The fourth-order valence-electron chi connectivity index (χ4n) is 0.527. The van der Waals surface area contributed by atoms with Gasteiger partial charge < -0.3 is 15.3 Å². The third-order valence-electron chi connectivity index (χ3n) is 1.79. The number of halogens is 1. The van der Waals surface area contributed by atoms with E-state index < -0.39 is 5.41 Å². The highest BCUT2D eigenvalue weighted by atomic mass is 79.9. The monoisotopic (exact) mass is 212 g/mol. The van der Waals surface area contributed by atoms with Gasteiger partial charge in [0.05, 0.1) is 25.2 Å². The van der Waals surface area contributed by atoms with E-state index in [1.807, 2.05) is 0 Å². The highest BCUT2D eigenvalue weighted by Crippen LogP contribution is 2.25. The van der Waals surface area contributed by atoms with Crippen molar-refractivity contribution in [2.45, 2.75) is 11.8 Å². The number of hydrogen-bond acceptors (Lipinski definition) is 3. The van der Waals surface area contributed by atoms with Gasteiger partial charge in [-0.3, -0.25) is 0 Å². The summed E-state index contributed by atoms with van der Waals surface area (Å²) < 4.78 is 0. The molecule has 0 radical (unpaired) electrons. The Balaban J connectivity index is 4.15. The predicted molar refractivity (Wildman–Crippen MR) is 42.1 cm³/mol. The Morgan fingerprint density at radius 2 is 1.50 bits per heavy atom. The summed E-state index contributed by atoms with van der Waals surface area (Å²) in [5.74, 6) is 0. The van der Waals surface area contributed by atoms with Crippen molar-refractivity contribution in [3.8, 4) is 0 Å². The minimum Gasteiger partial charge on any atom is -0.396 e. The Labute approximate surface area is 68.8 Å². The lowest BCUT2D eigenvalue weighted by Crippen LogP contribution is -2.40. The molecule has 3 nitrogen and oxygen atoms in total. The van der Waals surface area contributed by atoms with Crippen LogP contribution < -0.4 is 0 Å². The van der Waals surface area contributed by atoms with Crippen molar-refractivity contribution >= 4 is 15.9 Å². The molecule has 10 heavy (non-hydrogen) atoms. The summed E-state index contributed by atoms with van der Waals surface area (Å²) in [4.78, 5) is -0.0972. The van der Waals surface area contributed by atoms with Gasteiger partial charge in [-0.1, -0.05) is 22.9 Å². The molecule has 0 aliphatic heterocycles. The summed E-state index contributed by atoms with van der Waals surface area (Å²) >= 11 is 3.20. The maximum absolute atomic E-state index is 8.80. The number of alkyl halides is 1. The lowest BCUT2D eigenvalue weighted by Gasteiger charge is -2.29. The van der Waals surface area contributed by atoms with Crippen LogP contribution >= 0.6 is 15.9 Å². The first-order valence-electron chi connectivity index (χ1n) is 3.09. The van der Waals surface area contributed by atoms with Crippen molar-refractivity contribution in [1.29, 1.82) is 0 Å². The molecule has 0 rings (SSSR count). The summed E-state index contributed by atoms with van der Waals surface area (Å²) in [7, 11) is 0. The fraction of sp³-hybridized carbons (Fsp3) is 1.00. The Kier molecular flexibility index (Phi) is 4.44. The van der Waals surface area contributed by atoms with Gasteiger partial charge in [0, 0.05) is 4.83 Å². The number of aliphatic hydroxyl groups is 3. The second-order valence-corrected chi connectivity index (χ2v) is 3.83. The summed E-state index contributed by atoms with van der Waals surface area (Å²) in [6.45, 7) is 1.13. The standard InChI is InChI=1S/C6H13BrO3/c1-5(7)6(2-8,3-9)4-10/h5,8-10H,2-4H2,1H3. The first kappa shape index (κ1) is 10.4. The average molecular weight is 213 g/mol. The van der Waals surface area contributed by atoms with E-state index in [0.717, 1.165) is 0 Å². The van der Waals surface area contributed by atoms with Crippen LogP contribution in [0.15, 0.2) is 0 Å². The fourth-order valence-corrected chi connectivity index (χ4v) is 0.962. The summed E-state index contributed by atoms with van der Waals surface area (Å²) in [6.07, 6.45) is 0. The van der Waals surface area contributed by atoms with E-state index in [9.17, 15) is 0 Å². The maximum atomic E-state index is 8.80. The number of hydrogen-bond donors (Lipinski definition) is 3. The molecule has 62 valence electrons. The van der Waals surface area contributed by atoms with Gasteiger partial charge in [-0.15, -0.1) is 0 Å². The van der Waals surface area contributed by atoms with E-state index in [4.69, 9.17) is 15.3 Å². The lowest BCUT2D eigenvalue weighted by atomic mass is 9.88. The minimum atomic E-state index is -0.792. The van der Waals surface area contributed by atoms with Gasteiger partial charge in [0.25, 0.3) is 0 Å². The molecular weight excluding hydrogens is 200 g/mol. The summed E-state index contributed by atoms with van der Waals surface area (Å²) in [6, 6.07) is 0. The average Bonchev–Trinajstić information content (AvgIpc) is 1.92. The normalized spacial score (nSPS) is 15.3. The smallest absolute Gasteiger partial charge is 0.0542 e. The van der Waals surface area contributed by atoms with Crippen LogP contribution in [0.4, 0.5) is 0 Å². The highest BCUT2D eigenvalue weighted by Gasteiger charge is 2.32. The van der Waals surface area contributed by atoms with Crippen LogP contribution in [-0.2, 0) is 0 Å². The van der Waals surface area contributed by atoms with Gasteiger partial charge >= 0.3 is 0 Å². The number of rotatable bonds is 4. The van der Waals surface area contributed by atoms with Crippen LogP contribution in [0.5, 0.6) is 0 Å². The molecule has 0 saturated carbocycles. The van der Waals surface area contributed by atoms with Gasteiger partial charge in [-0.25, -0.2) is 0 Å². The largest absolute Gasteiger partial charge is 0.396 e. The molecule has 0 aromatic heterocycles. The quantitative estimate of drug-likeness (QED) is 0.563. The zero-order valence-electron chi connectivity index (χ0n) is 5.92. The molecule has 0 aromatic carbocycles. The first-order chi connectivity index (χ1) is 4.63. The Morgan fingerprint density at radius 3 is 1.50 bits per heavy atom. The van der Waals surface area contributed by atoms with E-state index in [-0.39, 0.29) is 24.6 Å². The molecule has 0 bridgehead atoms. The van der Waals surface area contributed by atoms with Crippen molar-refractivity contribution in [3.63, 3.8) is 0 Å². The van der Waals surface area contributed by atoms with Crippen LogP contribution in [0.25, 0.3) is 0 Å². The molecule has 0 saturated heterocycles. The highest BCUT2D eigenvalue weighted by molar-refractivity contribution is 9.09. The molecule has 3 N–H and O–H groups in total. The van der Waals surface area contributed by atoms with Crippen molar-refractivity contribution in [2.24, 2.45) is 5.41 Å². The van der Waals surface area contributed by atoms with E-state index in [1.165, 1.54) is 0 Å². The van der Waals surface area contributed by atoms with Crippen molar-refractivity contribution < 1.29 is 15.3 Å². The molecule has 0 aromatic rings. The third-order valence-corrected chi connectivity index (χ3v) is 2.76. The Hall–Kier alpha value is 0.360. The third kappa shape index (κ3) is 1.92. The Bertz CT molecular complexity index is 82.7. The zero-order chi connectivity index (χ0) is 8.20. The topological polar surface area (TPSA) is 60.7 Å². The molecular formula is C6H13BrO3. The lowest BCUT2D eigenvalue weighted by molar-refractivity contribution is 0.00868. The Morgan fingerprint density at radius 1 is 1.20 bits per heavy atom. The van der Waals surface area contributed by atoms with Crippen molar-refractivity contribution in [2.75, 3.05) is 19.8 Å². The van der Waals surface area contributed by atoms with Gasteiger partial charge in [0.1, 0.15) is 0 Å². The minimum absolute atomic E-state index is 0.0972. The second-order valence-electron chi connectivity index (χ2n) is 2.45. The van der Waals surface area contributed by atoms with Crippen LogP contribution in [0.3, 0.4) is 0 Å². The van der Waals surface area contributed by atoms with Gasteiger partial charge in [0.2, 0.25) is 0 Å². The SMILES string of the molecule is CC(Br)C(CO)(CO)CO. The van der Waals surface area contributed by atoms with Gasteiger partial charge in [-0.05, 0) is 0 Å². The molecule has 0 fully saturated rings. The first-order valence-corrected chi connectivity index (χ1v) is 4.01. The zero-order valence-corrected chi connectivity index (χ0v) is 7.50. The molecule has 0 aliphatic carbocycles. The summed E-state index contributed by atoms with van der Waals surface area (Å²) in [5.41, 5.74) is -0.792. The summed E-state index contributed by atoms with van der Waals surface area (Å²) in [5, 5.41) is 26.4.